The predicted octanol–water partition coefficient (Wildman–Crippen LogP) is 1.15. The molecule has 1 aliphatic carbocycles. The van der Waals surface area contributed by atoms with E-state index in [1.54, 1.807) is 31.2 Å². The lowest BCUT2D eigenvalue weighted by Crippen LogP contribution is -2.46. The van der Waals surface area contributed by atoms with E-state index in [-0.39, 0.29) is 6.42 Å². The molecule has 2 rings (SSSR count). The number of carbonyl (C=O) groups is 1. The van der Waals surface area contributed by atoms with Crippen LogP contribution in [0.5, 0.6) is 0 Å². The maximum atomic E-state index is 12.0. The monoisotopic (exact) mass is 283 g/mol. The van der Waals surface area contributed by atoms with Gasteiger partial charge in [0.1, 0.15) is 6.04 Å². The number of benzene rings is 1. The van der Waals surface area contributed by atoms with E-state index in [4.69, 9.17) is 5.11 Å². The third kappa shape index (κ3) is 3.13. The Kier molecular flexibility index (Phi) is 3.64. The lowest BCUT2D eigenvalue weighted by atomic mass is 10.1. The van der Waals surface area contributed by atoms with Gasteiger partial charge in [0, 0.05) is 0 Å². The lowest BCUT2D eigenvalue weighted by molar-refractivity contribution is -0.138. The van der Waals surface area contributed by atoms with Crippen LogP contribution < -0.4 is 4.72 Å². The minimum atomic E-state index is -3.58. The van der Waals surface area contributed by atoms with Gasteiger partial charge in [-0.05, 0) is 31.7 Å². The van der Waals surface area contributed by atoms with Gasteiger partial charge >= 0.3 is 5.97 Å². The van der Waals surface area contributed by atoms with Crippen LogP contribution in [0.3, 0.4) is 0 Å². The molecule has 0 unspecified atom stereocenters. The van der Waals surface area contributed by atoms with Crippen LogP contribution >= 0.6 is 0 Å². The number of aliphatic carboxylic acids is 1. The SMILES string of the molecule is CC1(S(=O)(=O)N[C@@H](Cc2ccccc2)C(=O)O)CC1. The van der Waals surface area contributed by atoms with Gasteiger partial charge in [-0.15, -0.1) is 0 Å². The van der Waals surface area contributed by atoms with Crippen LogP contribution in [0.4, 0.5) is 0 Å². The predicted molar refractivity (Wildman–Crippen MR) is 71.3 cm³/mol. The topological polar surface area (TPSA) is 83.5 Å². The van der Waals surface area contributed by atoms with Gasteiger partial charge in [0.2, 0.25) is 10.0 Å². The van der Waals surface area contributed by atoms with Gasteiger partial charge in [-0.3, -0.25) is 4.79 Å². The number of rotatable bonds is 6. The van der Waals surface area contributed by atoms with Gasteiger partial charge in [-0.25, -0.2) is 13.1 Å². The molecule has 0 saturated heterocycles. The molecule has 104 valence electrons. The zero-order chi connectivity index (χ0) is 14.1. The van der Waals surface area contributed by atoms with Crippen molar-refractivity contribution in [3.05, 3.63) is 35.9 Å². The molecular formula is C13H17NO4S. The lowest BCUT2D eigenvalue weighted by Gasteiger charge is -2.18. The van der Waals surface area contributed by atoms with Crippen LogP contribution in [0.25, 0.3) is 0 Å². The summed E-state index contributed by atoms with van der Waals surface area (Å²) in [5.74, 6) is -1.16. The first kappa shape index (κ1) is 14.0. The van der Waals surface area contributed by atoms with E-state index in [9.17, 15) is 13.2 Å². The average molecular weight is 283 g/mol. The van der Waals surface area contributed by atoms with Crippen molar-refractivity contribution >= 4 is 16.0 Å². The number of carboxylic acid groups (broad SMARTS) is 1. The maximum Gasteiger partial charge on any atom is 0.322 e. The quantitative estimate of drug-likeness (QED) is 0.820. The first-order valence-electron chi connectivity index (χ1n) is 6.13. The summed E-state index contributed by atoms with van der Waals surface area (Å²) in [7, 11) is -3.58. The van der Waals surface area contributed by atoms with Crippen molar-refractivity contribution in [2.24, 2.45) is 0 Å². The van der Waals surface area contributed by atoms with Crippen LogP contribution in [0.2, 0.25) is 0 Å². The molecule has 19 heavy (non-hydrogen) atoms. The number of hydrogen-bond donors (Lipinski definition) is 2. The number of hydrogen-bond acceptors (Lipinski definition) is 3. The molecule has 1 atom stereocenters. The molecule has 0 spiro atoms. The summed E-state index contributed by atoms with van der Waals surface area (Å²) < 4.78 is 25.6. The molecule has 0 amide bonds. The molecule has 1 fully saturated rings. The van der Waals surface area contributed by atoms with Crippen LogP contribution in [0, 0.1) is 0 Å². The molecule has 1 aromatic rings. The van der Waals surface area contributed by atoms with Gasteiger partial charge in [0.25, 0.3) is 0 Å². The van der Waals surface area contributed by atoms with E-state index in [1.807, 2.05) is 6.07 Å². The summed E-state index contributed by atoms with van der Waals surface area (Å²) >= 11 is 0. The summed E-state index contributed by atoms with van der Waals surface area (Å²) in [6.07, 6.45) is 1.31. The van der Waals surface area contributed by atoms with Gasteiger partial charge in [-0.1, -0.05) is 30.3 Å². The minimum absolute atomic E-state index is 0.144. The van der Waals surface area contributed by atoms with Crippen molar-refractivity contribution in [1.29, 1.82) is 0 Å². The molecule has 2 N–H and O–H groups in total. The zero-order valence-electron chi connectivity index (χ0n) is 10.7. The van der Waals surface area contributed by atoms with Crippen LogP contribution in [0.1, 0.15) is 25.3 Å². The summed E-state index contributed by atoms with van der Waals surface area (Å²) in [6, 6.07) is 7.86. The second-order valence-corrected chi connectivity index (χ2v) is 7.38. The third-order valence-corrected chi connectivity index (χ3v) is 5.78. The third-order valence-electron chi connectivity index (χ3n) is 3.48. The Morgan fingerprint density at radius 3 is 2.42 bits per heavy atom. The fourth-order valence-electron chi connectivity index (χ4n) is 1.80. The van der Waals surface area contributed by atoms with E-state index >= 15 is 0 Å². The largest absolute Gasteiger partial charge is 0.480 e. The molecule has 0 aliphatic heterocycles. The van der Waals surface area contributed by atoms with Gasteiger partial charge in [-0.2, -0.15) is 0 Å². The molecule has 5 nitrogen and oxygen atoms in total. The first-order chi connectivity index (χ1) is 8.84. The highest BCUT2D eigenvalue weighted by molar-refractivity contribution is 7.91. The minimum Gasteiger partial charge on any atom is -0.480 e. The summed E-state index contributed by atoms with van der Waals surface area (Å²) in [6.45, 7) is 1.64. The second kappa shape index (κ2) is 4.94. The Bertz CT molecular complexity index is 564. The van der Waals surface area contributed by atoms with Crippen LogP contribution in [-0.2, 0) is 21.2 Å². The smallest absolute Gasteiger partial charge is 0.322 e. The fraction of sp³-hybridized carbons (Fsp3) is 0.462. The van der Waals surface area contributed by atoms with Crippen LogP contribution in [0.15, 0.2) is 30.3 Å². The number of carboxylic acids is 1. The Labute approximate surface area is 112 Å². The number of nitrogens with one attached hydrogen (secondary N) is 1. The molecule has 6 heteroatoms. The van der Waals surface area contributed by atoms with E-state index in [0.29, 0.717) is 12.8 Å². The normalized spacial score (nSPS) is 18.8. The van der Waals surface area contributed by atoms with Gasteiger partial charge in [0.05, 0.1) is 4.75 Å². The standard InChI is InChI=1S/C13H17NO4S/c1-13(7-8-13)19(17,18)14-11(12(15)16)9-10-5-3-2-4-6-10/h2-6,11,14H,7-9H2,1H3,(H,15,16)/t11-/m0/s1. The molecular weight excluding hydrogens is 266 g/mol. The highest BCUT2D eigenvalue weighted by atomic mass is 32.2. The first-order valence-corrected chi connectivity index (χ1v) is 7.61. The molecule has 1 saturated carbocycles. The Morgan fingerprint density at radius 2 is 1.95 bits per heavy atom. The Hall–Kier alpha value is -1.40. The van der Waals surface area contributed by atoms with Crippen LogP contribution in [-0.4, -0.2) is 30.3 Å². The highest BCUT2D eigenvalue weighted by Gasteiger charge is 2.51. The summed E-state index contributed by atoms with van der Waals surface area (Å²) in [4.78, 5) is 11.2. The Morgan fingerprint density at radius 1 is 1.37 bits per heavy atom. The second-order valence-electron chi connectivity index (χ2n) is 5.15. The maximum absolute atomic E-state index is 12.0. The summed E-state index contributed by atoms with van der Waals surface area (Å²) in [5, 5.41) is 9.16. The van der Waals surface area contributed by atoms with Crippen molar-refractivity contribution in [2.75, 3.05) is 0 Å². The van der Waals surface area contributed by atoms with Crippen molar-refractivity contribution in [1.82, 2.24) is 4.72 Å². The highest BCUT2D eigenvalue weighted by Crippen LogP contribution is 2.42. The van der Waals surface area contributed by atoms with Gasteiger partial charge < -0.3 is 5.11 Å². The molecule has 1 aliphatic rings. The average Bonchev–Trinajstić information content (AvgIpc) is 3.09. The van der Waals surface area contributed by atoms with Crippen molar-refractivity contribution in [3.63, 3.8) is 0 Å². The van der Waals surface area contributed by atoms with E-state index in [2.05, 4.69) is 4.72 Å². The molecule has 0 aromatic heterocycles. The zero-order valence-corrected chi connectivity index (χ0v) is 11.5. The fourth-order valence-corrected chi connectivity index (χ4v) is 3.29. The molecule has 0 radical (unpaired) electrons. The van der Waals surface area contributed by atoms with E-state index < -0.39 is 26.8 Å². The molecule has 0 heterocycles. The molecule has 0 bridgehead atoms. The summed E-state index contributed by atoms with van der Waals surface area (Å²) in [5.41, 5.74) is 0.790. The Balaban J connectivity index is 2.12. The van der Waals surface area contributed by atoms with Crippen molar-refractivity contribution in [2.45, 2.75) is 37.0 Å². The number of sulfonamides is 1. The van der Waals surface area contributed by atoms with Crippen molar-refractivity contribution < 1.29 is 18.3 Å². The van der Waals surface area contributed by atoms with E-state index in [0.717, 1.165) is 5.56 Å². The molecule has 1 aromatic carbocycles. The van der Waals surface area contributed by atoms with Crippen molar-refractivity contribution in [3.8, 4) is 0 Å². The van der Waals surface area contributed by atoms with E-state index in [1.165, 1.54) is 0 Å². The van der Waals surface area contributed by atoms with Gasteiger partial charge in [0.15, 0.2) is 0 Å².